The van der Waals surface area contributed by atoms with Gasteiger partial charge in [-0.1, -0.05) is 0 Å². The average Bonchev–Trinajstić information content (AvgIpc) is 2.25. The third kappa shape index (κ3) is 5.97. The zero-order valence-corrected chi connectivity index (χ0v) is 9.92. The van der Waals surface area contributed by atoms with E-state index in [1.54, 1.807) is 0 Å². The highest BCUT2D eigenvalue weighted by molar-refractivity contribution is 7.99. The van der Waals surface area contributed by atoms with E-state index in [0.29, 0.717) is 24.7 Å². The van der Waals surface area contributed by atoms with Crippen LogP contribution < -0.4 is 5.32 Å². The van der Waals surface area contributed by atoms with Crippen LogP contribution in [0.3, 0.4) is 0 Å². The van der Waals surface area contributed by atoms with E-state index in [9.17, 15) is 9.59 Å². The van der Waals surface area contributed by atoms with Crippen molar-refractivity contribution in [3.8, 4) is 0 Å². The second-order valence-electron chi connectivity index (χ2n) is 3.65. The van der Waals surface area contributed by atoms with Gasteiger partial charge in [0.1, 0.15) is 0 Å². The lowest BCUT2D eigenvalue weighted by Gasteiger charge is -2.22. The van der Waals surface area contributed by atoms with Crippen LogP contribution in [0.15, 0.2) is 0 Å². The van der Waals surface area contributed by atoms with Gasteiger partial charge >= 0.3 is 5.97 Å². The average molecular weight is 247 g/mol. The Kier molecular flexibility index (Phi) is 6.25. The highest BCUT2D eigenvalue weighted by atomic mass is 32.2. The number of amides is 1. The molecule has 0 aromatic rings. The largest absolute Gasteiger partial charge is 0.481 e. The fourth-order valence-corrected chi connectivity index (χ4v) is 2.17. The van der Waals surface area contributed by atoms with Gasteiger partial charge in [0, 0.05) is 25.0 Å². The number of ether oxygens (including phenoxy) is 1. The summed E-state index contributed by atoms with van der Waals surface area (Å²) >= 11 is 1.35. The third-order valence-electron chi connectivity index (χ3n) is 2.28. The number of carboxylic acids is 1. The van der Waals surface area contributed by atoms with Crippen molar-refractivity contribution >= 4 is 23.6 Å². The first kappa shape index (κ1) is 13.3. The molecule has 0 bridgehead atoms. The standard InChI is InChI=1S/C10H17NO4S/c12-9(7-16-6-3-10(13)14)11-8-1-4-15-5-2-8/h8H,1-7H2,(H,11,12)(H,13,14). The molecule has 5 nitrogen and oxygen atoms in total. The molecular weight excluding hydrogens is 230 g/mol. The van der Waals surface area contributed by atoms with Crippen LogP contribution in [-0.4, -0.2) is 47.7 Å². The normalized spacial score (nSPS) is 17.0. The fraction of sp³-hybridized carbons (Fsp3) is 0.800. The van der Waals surface area contributed by atoms with Gasteiger partial charge in [-0.15, -0.1) is 0 Å². The number of hydrogen-bond donors (Lipinski definition) is 2. The molecule has 1 aliphatic heterocycles. The highest BCUT2D eigenvalue weighted by Crippen LogP contribution is 2.07. The number of carbonyl (C=O) groups is 2. The SMILES string of the molecule is O=C(O)CCSCC(=O)NC1CCOCC1. The van der Waals surface area contributed by atoms with E-state index in [4.69, 9.17) is 9.84 Å². The van der Waals surface area contributed by atoms with Crippen molar-refractivity contribution in [1.82, 2.24) is 5.32 Å². The van der Waals surface area contributed by atoms with Crippen LogP contribution in [0.5, 0.6) is 0 Å². The van der Waals surface area contributed by atoms with Crippen LogP contribution in [0.25, 0.3) is 0 Å². The molecule has 0 radical (unpaired) electrons. The number of rotatable bonds is 6. The van der Waals surface area contributed by atoms with Gasteiger partial charge in [0.15, 0.2) is 0 Å². The quantitative estimate of drug-likeness (QED) is 0.668. The van der Waals surface area contributed by atoms with Gasteiger partial charge in [-0.05, 0) is 12.8 Å². The van der Waals surface area contributed by atoms with Crippen LogP contribution in [0, 0.1) is 0 Å². The van der Waals surface area contributed by atoms with E-state index in [1.807, 2.05) is 0 Å². The molecule has 0 atom stereocenters. The maximum Gasteiger partial charge on any atom is 0.304 e. The van der Waals surface area contributed by atoms with Gasteiger partial charge in [0.2, 0.25) is 5.91 Å². The predicted molar refractivity (Wildman–Crippen MR) is 61.6 cm³/mol. The topological polar surface area (TPSA) is 75.6 Å². The van der Waals surface area contributed by atoms with Crippen molar-refractivity contribution in [2.24, 2.45) is 0 Å². The van der Waals surface area contributed by atoms with Crippen molar-refractivity contribution in [3.05, 3.63) is 0 Å². The Bertz CT molecular complexity index is 241. The summed E-state index contributed by atoms with van der Waals surface area (Å²) in [5.41, 5.74) is 0. The van der Waals surface area contributed by atoms with Crippen molar-refractivity contribution < 1.29 is 19.4 Å². The lowest BCUT2D eigenvalue weighted by molar-refractivity contribution is -0.136. The van der Waals surface area contributed by atoms with Crippen molar-refractivity contribution in [2.45, 2.75) is 25.3 Å². The minimum absolute atomic E-state index is 0.0118. The molecule has 1 fully saturated rings. The molecule has 6 heteroatoms. The third-order valence-corrected chi connectivity index (χ3v) is 3.24. The first-order valence-corrected chi connectivity index (χ1v) is 6.50. The molecule has 1 saturated heterocycles. The number of hydrogen-bond acceptors (Lipinski definition) is 4. The van der Waals surface area contributed by atoms with E-state index in [0.717, 1.165) is 12.8 Å². The molecule has 0 saturated carbocycles. The minimum atomic E-state index is -0.822. The number of carboxylic acid groups (broad SMARTS) is 1. The number of carbonyl (C=O) groups excluding carboxylic acids is 1. The molecule has 0 aromatic heterocycles. The smallest absolute Gasteiger partial charge is 0.304 e. The Hall–Kier alpha value is -0.750. The molecule has 16 heavy (non-hydrogen) atoms. The maximum absolute atomic E-state index is 11.4. The maximum atomic E-state index is 11.4. The Morgan fingerprint density at radius 3 is 2.69 bits per heavy atom. The predicted octanol–water partition coefficient (Wildman–Crippen LogP) is 0.489. The molecule has 1 rings (SSSR count). The van der Waals surface area contributed by atoms with Gasteiger partial charge in [-0.3, -0.25) is 9.59 Å². The van der Waals surface area contributed by atoms with Crippen molar-refractivity contribution in [2.75, 3.05) is 24.7 Å². The lowest BCUT2D eigenvalue weighted by atomic mass is 10.1. The van der Waals surface area contributed by atoms with E-state index in [-0.39, 0.29) is 18.4 Å². The van der Waals surface area contributed by atoms with Crippen LogP contribution in [0.2, 0.25) is 0 Å². The van der Waals surface area contributed by atoms with E-state index in [2.05, 4.69) is 5.32 Å². The number of thioether (sulfide) groups is 1. The Balaban J connectivity index is 2.03. The molecule has 1 amide bonds. The summed E-state index contributed by atoms with van der Waals surface area (Å²) in [5, 5.41) is 11.3. The lowest BCUT2D eigenvalue weighted by Crippen LogP contribution is -2.39. The Labute approximate surface area is 98.9 Å². The van der Waals surface area contributed by atoms with Gasteiger partial charge in [0.05, 0.1) is 12.2 Å². The Morgan fingerprint density at radius 1 is 1.38 bits per heavy atom. The molecule has 0 aromatic carbocycles. The molecule has 0 aliphatic carbocycles. The summed E-state index contributed by atoms with van der Waals surface area (Å²) in [6, 6.07) is 0.223. The Morgan fingerprint density at radius 2 is 2.06 bits per heavy atom. The van der Waals surface area contributed by atoms with Crippen LogP contribution in [-0.2, 0) is 14.3 Å². The van der Waals surface area contributed by atoms with Gasteiger partial charge in [-0.25, -0.2) is 0 Å². The van der Waals surface area contributed by atoms with Gasteiger partial charge < -0.3 is 15.2 Å². The summed E-state index contributed by atoms with van der Waals surface area (Å²) < 4.78 is 5.18. The van der Waals surface area contributed by atoms with E-state index < -0.39 is 5.97 Å². The summed E-state index contributed by atoms with van der Waals surface area (Å²) in [7, 11) is 0. The summed E-state index contributed by atoms with van der Waals surface area (Å²) in [5.74, 6) is -0.0131. The van der Waals surface area contributed by atoms with E-state index >= 15 is 0 Å². The molecule has 0 unspecified atom stereocenters. The molecule has 92 valence electrons. The molecule has 1 aliphatic rings. The number of aliphatic carboxylic acids is 1. The monoisotopic (exact) mass is 247 g/mol. The highest BCUT2D eigenvalue weighted by Gasteiger charge is 2.15. The summed E-state index contributed by atoms with van der Waals surface area (Å²) in [6.45, 7) is 1.41. The van der Waals surface area contributed by atoms with Gasteiger partial charge in [-0.2, -0.15) is 11.8 Å². The molecule has 2 N–H and O–H groups in total. The number of nitrogens with one attached hydrogen (secondary N) is 1. The zero-order valence-electron chi connectivity index (χ0n) is 9.11. The van der Waals surface area contributed by atoms with Gasteiger partial charge in [0.25, 0.3) is 0 Å². The minimum Gasteiger partial charge on any atom is -0.481 e. The fourth-order valence-electron chi connectivity index (χ4n) is 1.44. The molecule has 1 heterocycles. The van der Waals surface area contributed by atoms with Crippen molar-refractivity contribution in [3.63, 3.8) is 0 Å². The second-order valence-corrected chi connectivity index (χ2v) is 4.76. The first-order chi connectivity index (χ1) is 7.68. The van der Waals surface area contributed by atoms with Crippen LogP contribution in [0.1, 0.15) is 19.3 Å². The first-order valence-electron chi connectivity index (χ1n) is 5.35. The zero-order chi connectivity index (χ0) is 11.8. The summed E-state index contributed by atoms with van der Waals surface area (Å²) in [6.07, 6.45) is 1.84. The van der Waals surface area contributed by atoms with E-state index in [1.165, 1.54) is 11.8 Å². The van der Waals surface area contributed by atoms with Crippen LogP contribution >= 0.6 is 11.8 Å². The molecular formula is C10H17NO4S. The molecule has 0 spiro atoms. The summed E-state index contributed by atoms with van der Waals surface area (Å²) in [4.78, 5) is 21.7. The van der Waals surface area contributed by atoms with Crippen molar-refractivity contribution in [1.29, 1.82) is 0 Å². The second kappa shape index (κ2) is 7.51. The van der Waals surface area contributed by atoms with Crippen LogP contribution in [0.4, 0.5) is 0 Å².